The first-order valence-corrected chi connectivity index (χ1v) is 14.7. The Balaban J connectivity index is 1.53. The number of benzene rings is 2. The summed E-state index contributed by atoms with van der Waals surface area (Å²) in [6.45, 7) is 7.98. The molecule has 10 nitrogen and oxygen atoms in total. The fourth-order valence-corrected chi connectivity index (χ4v) is 5.44. The fraction of sp³-hybridized carbons (Fsp3) is 0.500. The summed E-state index contributed by atoms with van der Waals surface area (Å²) < 4.78 is 5.41. The quantitative estimate of drug-likeness (QED) is 0.426. The average molecular weight is 577 g/mol. The number of para-hydroxylation sites is 1. The largest absolute Gasteiger partial charge is 0.444 e. The average Bonchev–Trinajstić information content (AvgIpc) is 3.36. The molecule has 0 aliphatic carbocycles. The molecule has 2 aliphatic heterocycles. The SMILES string of the molecule is CNc1cccc(-c2ccccc2)c1N=C[C@@H]1CC[C@@H]2CCNC[C@H](NC(=O)[C@H](C)N(C)C(=O)OC(C)(C)C)C(=O)N21. The molecule has 2 saturated heterocycles. The predicted octanol–water partition coefficient (Wildman–Crippen LogP) is 4.19. The van der Waals surface area contributed by atoms with Gasteiger partial charge in [0.2, 0.25) is 11.8 Å². The van der Waals surface area contributed by atoms with Crippen molar-refractivity contribution >= 4 is 35.5 Å². The molecular formula is C32H44N6O4. The number of carbonyl (C=O) groups excluding carboxylic acids is 3. The molecule has 2 aromatic carbocycles. The summed E-state index contributed by atoms with van der Waals surface area (Å²) in [5, 5.41) is 9.45. The van der Waals surface area contributed by atoms with Crippen molar-refractivity contribution in [3.05, 3.63) is 48.5 Å². The van der Waals surface area contributed by atoms with Gasteiger partial charge in [-0.25, -0.2) is 4.79 Å². The molecular weight excluding hydrogens is 532 g/mol. The van der Waals surface area contributed by atoms with Gasteiger partial charge in [-0.3, -0.25) is 19.5 Å². The van der Waals surface area contributed by atoms with Gasteiger partial charge >= 0.3 is 6.09 Å². The second kappa shape index (κ2) is 13.4. The van der Waals surface area contributed by atoms with Crippen LogP contribution in [-0.2, 0) is 14.3 Å². The number of hydrogen-bond acceptors (Lipinski definition) is 7. The first kappa shape index (κ1) is 31.0. The third kappa shape index (κ3) is 7.28. The second-order valence-corrected chi connectivity index (χ2v) is 12.0. The highest BCUT2D eigenvalue weighted by atomic mass is 16.6. The number of carbonyl (C=O) groups is 3. The van der Waals surface area contributed by atoms with E-state index in [1.165, 1.54) is 11.9 Å². The molecule has 2 heterocycles. The number of anilines is 1. The number of nitrogens with one attached hydrogen (secondary N) is 3. The van der Waals surface area contributed by atoms with Crippen LogP contribution in [0.3, 0.4) is 0 Å². The van der Waals surface area contributed by atoms with E-state index in [2.05, 4.69) is 28.1 Å². The Morgan fingerprint density at radius 1 is 1.12 bits per heavy atom. The van der Waals surface area contributed by atoms with Gasteiger partial charge in [0.15, 0.2) is 0 Å². The molecule has 10 heteroatoms. The topological polar surface area (TPSA) is 115 Å². The Labute approximate surface area is 248 Å². The molecule has 3 N–H and O–H groups in total. The maximum Gasteiger partial charge on any atom is 0.410 e. The second-order valence-electron chi connectivity index (χ2n) is 12.0. The number of amides is 3. The van der Waals surface area contributed by atoms with Crippen LogP contribution in [0.1, 0.15) is 47.0 Å². The van der Waals surface area contributed by atoms with E-state index in [4.69, 9.17) is 9.73 Å². The van der Waals surface area contributed by atoms with Crippen LogP contribution < -0.4 is 16.0 Å². The molecule has 0 spiro atoms. The molecule has 2 aromatic rings. The van der Waals surface area contributed by atoms with E-state index in [0.29, 0.717) is 6.54 Å². The fourth-order valence-electron chi connectivity index (χ4n) is 5.44. The van der Waals surface area contributed by atoms with E-state index in [0.717, 1.165) is 48.3 Å². The minimum absolute atomic E-state index is 0.0520. The Morgan fingerprint density at radius 3 is 2.55 bits per heavy atom. The maximum atomic E-state index is 14.0. The lowest BCUT2D eigenvalue weighted by Crippen LogP contribution is -2.60. The number of nitrogens with zero attached hydrogens (tertiary/aromatic N) is 3. The lowest BCUT2D eigenvalue weighted by Gasteiger charge is -2.35. The lowest BCUT2D eigenvalue weighted by atomic mass is 10.0. The Bertz CT molecular complexity index is 1290. The zero-order chi connectivity index (χ0) is 30.4. The molecule has 3 amide bonds. The van der Waals surface area contributed by atoms with Gasteiger partial charge in [0.05, 0.1) is 17.4 Å². The van der Waals surface area contributed by atoms with Gasteiger partial charge in [-0.15, -0.1) is 0 Å². The van der Waals surface area contributed by atoms with Crippen LogP contribution in [0.5, 0.6) is 0 Å². The molecule has 0 bridgehead atoms. The summed E-state index contributed by atoms with van der Waals surface area (Å²) in [5.74, 6) is -0.563. The molecule has 0 aromatic heterocycles. The third-order valence-electron chi connectivity index (χ3n) is 7.83. The number of likely N-dealkylation sites (N-methyl/N-ethyl adjacent to an activating group) is 1. The van der Waals surface area contributed by atoms with Crippen molar-refractivity contribution < 1.29 is 19.1 Å². The Morgan fingerprint density at radius 2 is 1.86 bits per heavy atom. The number of fused-ring (bicyclic) bond motifs is 1. The standard InChI is InChI=1S/C32H44N6O4/c1-21(37(6)31(41)42-32(2,3)4)29(39)36-27-20-34-18-17-23-15-16-24(38(23)30(27)40)19-35-28-25(13-10-14-26(28)33-5)22-11-8-7-9-12-22/h7-14,19,21,23-24,27,33-34H,15-18,20H2,1-6H3,(H,36,39)/t21-,23+,24-,27-/m0/s1. The molecule has 2 aliphatic rings. The highest BCUT2D eigenvalue weighted by Gasteiger charge is 2.41. The molecule has 2 fully saturated rings. The minimum Gasteiger partial charge on any atom is -0.444 e. The summed E-state index contributed by atoms with van der Waals surface area (Å²) in [7, 11) is 3.39. The highest BCUT2D eigenvalue weighted by molar-refractivity contribution is 5.94. The van der Waals surface area contributed by atoms with Crippen LogP contribution in [0.2, 0.25) is 0 Å². The van der Waals surface area contributed by atoms with Crippen molar-refractivity contribution in [3.63, 3.8) is 0 Å². The molecule has 0 unspecified atom stereocenters. The summed E-state index contributed by atoms with van der Waals surface area (Å²) in [6.07, 6.45) is 3.77. The van der Waals surface area contributed by atoms with Crippen molar-refractivity contribution in [1.29, 1.82) is 0 Å². The van der Waals surface area contributed by atoms with E-state index in [9.17, 15) is 14.4 Å². The van der Waals surface area contributed by atoms with Crippen LogP contribution in [0.25, 0.3) is 11.1 Å². The molecule has 0 radical (unpaired) electrons. The lowest BCUT2D eigenvalue weighted by molar-refractivity contribution is -0.139. The predicted molar refractivity (Wildman–Crippen MR) is 166 cm³/mol. The Kier molecular flexibility index (Phi) is 9.88. The van der Waals surface area contributed by atoms with Crippen molar-refractivity contribution in [3.8, 4) is 11.1 Å². The minimum atomic E-state index is -0.820. The maximum absolute atomic E-state index is 14.0. The van der Waals surface area contributed by atoms with Crippen LogP contribution in [-0.4, -0.2) is 90.9 Å². The van der Waals surface area contributed by atoms with Gasteiger partial charge in [-0.2, -0.15) is 0 Å². The zero-order valence-corrected chi connectivity index (χ0v) is 25.5. The van der Waals surface area contributed by atoms with E-state index < -0.39 is 29.7 Å². The van der Waals surface area contributed by atoms with Crippen LogP contribution in [0.4, 0.5) is 16.2 Å². The van der Waals surface area contributed by atoms with Gasteiger partial charge in [0.1, 0.15) is 17.7 Å². The summed E-state index contributed by atoms with van der Waals surface area (Å²) in [4.78, 5) is 47.8. The first-order valence-electron chi connectivity index (χ1n) is 14.7. The van der Waals surface area contributed by atoms with Gasteiger partial charge in [-0.05, 0) is 65.1 Å². The van der Waals surface area contributed by atoms with Gasteiger partial charge in [-0.1, -0.05) is 42.5 Å². The summed E-state index contributed by atoms with van der Waals surface area (Å²) in [6, 6.07) is 14.4. The van der Waals surface area contributed by atoms with Crippen molar-refractivity contribution in [2.45, 2.75) is 76.7 Å². The Hall–Kier alpha value is -3.92. The van der Waals surface area contributed by atoms with Gasteiger partial charge < -0.3 is 25.6 Å². The molecule has 42 heavy (non-hydrogen) atoms. The smallest absolute Gasteiger partial charge is 0.410 e. The zero-order valence-electron chi connectivity index (χ0n) is 25.5. The number of ether oxygens (including phenoxy) is 1. The molecule has 226 valence electrons. The van der Waals surface area contributed by atoms with Crippen LogP contribution in [0.15, 0.2) is 53.5 Å². The van der Waals surface area contributed by atoms with E-state index in [1.807, 2.05) is 54.6 Å². The van der Waals surface area contributed by atoms with E-state index in [1.54, 1.807) is 27.7 Å². The van der Waals surface area contributed by atoms with E-state index in [-0.39, 0.29) is 18.0 Å². The number of rotatable bonds is 7. The van der Waals surface area contributed by atoms with Crippen molar-refractivity contribution in [1.82, 2.24) is 20.4 Å². The first-order chi connectivity index (χ1) is 20.0. The molecule has 4 atom stereocenters. The van der Waals surface area contributed by atoms with Crippen LogP contribution >= 0.6 is 0 Å². The summed E-state index contributed by atoms with van der Waals surface area (Å²) >= 11 is 0. The highest BCUT2D eigenvalue weighted by Crippen LogP contribution is 2.37. The molecule has 0 saturated carbocycles. The monoisotopic (exact) mass is 576 g/mol. The third-order valence-corrected chi connectivity index (χ3v) is 7.83. The number of aliphatic imine (C=N–C) groups is 1. The molecule has 4 rings (SSSR count). The number of hydrogen-bond donors (Lipinski definition) is 3. The van der Waals surface area contributed by atoms with E-state index >= 15 is 0 Å². The normalized spacial score (nSPS) is 21.7. The summed E-state index contributed by atoms with van der Waals surface area (Å²) in [5.41, 5.74) is 3.10. The van der Waals surface area contributed by atoms with Crippen molar-refractivity contribution in [2.24, 2.45) is 4.99 Å². The van der Waals surface area contributed by atoms with Crippen LogP contribution in [0, 0.1) is 0 Å². The van der Waals surface area contributed by atoms with Gasteiger partial charge in [0.25, 0.3) is 0 Å². The van der Waals surface area contributed by atoms with Crippen molar-refractivity contribution in [2.75, 3.05) is 32.5 Å². The van der Waals surface area contributed by atoms with Gasteiger partial charge in [0, 0.05) is 38.5 Å².